The van der Waals surface area contributed by atoms with Gasteiger partial charge in [0.25, 0.3) is 5.91 Å². The van der Waals surface area contributed by atoms with E-state index in [1.54, 1.807) is 6.20 Å². The Morgan fingerprint density at radius 2 is 1.47 bits per heavy atom. The summed E-state index contributed by atoms with van der Waals surface area (Å²) in [5.74, 6) is -0.0221. The van der Waals surface area contributed by atoms with Gasteiger partial charge in [-0.05, 0) is 23.8 Å². The lowest BCUT2D eigenvalue weighted by molar-refractivity contribution is -0.110. The lowest BCUT2D eigenvalue weighted by Crippen LogP contribution is -2.46. The zero-order chi connectivity index (χ0) is 21.8. The number of carbonyl (C=O) groups is 1. The van der Waals surface area contributed by atoms with E-state index in [4.69, 9.17) is 4.74 Å². The number of pyridine rings is 1. The zero-order valence-corrected chi connectivity index (χ0v) is 17.7. The molecule has 1 aliphatic rings. The number of rotatable bonds is 7. The van der Waals surface area contributed by atoms with E-state index in [1.807, 2.05) is 108 Å². The van der Waals surface area contributed by atoms with Gasteiger partial charge >= 0.3 is 0 Å². The molecule has 2 heterocycles. The molecule has 1 aromatic heterocycles. The van der Waals surface area contributed by atoms with Crippen molar-refractivity contribution >= 4 is 5.91 Å². The third kappa shape index (κ3) is 3.59. The van der Waals surface area contributed by atoms with Crippen LogP contribution in [0.4, 0.5) is 0 Å². The smallest absolute Gasteiger partial charge is 0.257 e. The predicted molar refractivity (Wildman–Crippen MR) is 124 cm³/mol. The Kier molecular flexibility index (Phi) is 5.53. The molecule has 158 valence electrons. The van der Waals surface area contributed by atoms with Crippen LogP contribution in [-0.2, 0) is 23.4 Å². The maximum absolute atomic E-state index is 13.7. The molecule has 3 aromatic carbocycles. The molecule has 4 heteroatoms. The minimum absolute atomic E-state index is 0.0221. The van der Waals surface area contributed by atoms with E-state index in [2.05, 4.69) is 4.98 Å². The largest absolute Gasteiger partial charge is 0.347 e. The van der Waals surface area contributed by atoms with Crippen molar-refractivity contribution in [2.45, 2.75) is 18.7 Å². The van der Waals surface area contributed by atoms with Gasteiger partial charge in [0.1, 0.15) is 0 Å². The fourth-order valence-electron chi connectivity index (χ4n) is 4.41. The minimum Gasteiger partial charge on any atom is -0.347 e. The topological polar surface area (TPSA) is 42.4 Å². The summed E-state index contributed by atoms with van der Waals surface area (Å²) >= 11 is 0. The Labute approximate surface area is 188 Å². The van der Waals surface area contributed by atoms with E-state index in [0.29, 0.717) is 25.1 Å². The minimum atomic E-state index is -1.00. The molecule has 0 aliphatic carbocycles. The molecule has 0 N–H and O–H groups in total. The average molecular weight is 421 g/mol. The van der Waals surface area contributed by atoms with E-state index in [0.717, 1.165) is 22.4 Å². The van der Waals surface area contributed by atoms with Crippen LogP contribution >= 0.6 is 0 Å². The van der Waals surface area contributed by atoms with Crippen molar-refractivity contribution in [2.75, 3.05) is 6.61 Å². The Morgan fingerprint density at radius 3 is 2.22 bits per heavy atom. The second-order valence-corrected chi connectivity index (χ2v) is 7.85. The van der Waals surface area contributed by atoms with Crippen LogP contribution in [0.2, 0.25) is 0 Å². The first-order valence-electron chi connectivity index (χ1n) is 10.8. The molecule has 0 fully saturated rings. The van der Waals surface area contributed by atoms with Gasteiger partial charge in [-0.1, -0.05) is 84.9 Å². The number of ether oxygens (including phenoxy) is 1. The van der Waals surface area contributed by atoms with Gasteiger partial charge in [0.15, 0.2) is 5.72 Å². The maximum atomic E-state index is 13.7. The number of aromatic nitrogens is 1. The molecule has 5 rings (SSSR count). The molecular weight excluding hydrogens is 396 g/mol. The molecule has 4 nitrogen and oxygen atoms in total. The molecule has 1 amide bonds. The summed E-state index contributed by atoms with van der Waals surface area (Å²) < 4.78 is 6.73. The second-order valence-electron chi connectivity index (χ2n) is 7.85. The molecule has 0 bridgehead atoms. The molecule has 4 aromatic rings. The third-order valence-corrected chi connectivity index (χ3v) is 5.89. The van der Waals surface area contributed by atoms with Crippen LogP contribution in [0, 0.1) is 0 Å². The van der Waals surface area contributed by atoms with E-state index in [9.17, 15) is 4.79 Å². The van der Waals surface area contributed by atoms with Gasteiger partial charge in [-0.2, -0.15) is 0 Å². The van der Waals surface area contributed by atoms with Crippen LogP contribution in [0.25, 0.3) is 0 Å². The van der Waals surface area contributed by atoms with Crippen LogP contribution in [0.1, 0.15) is 32.7 Å². The monoisotopic (exact) mass is 420 g/mol. The van der Waals surface area contributed by atoms with E-state index in [-0.39, 0.29) is 5.91 Å². The van der Waals surface area contributed by atoms with Crippen LogP contribution < -0.4 is 0 Å². The number of amides is 1. The fraction of sp³-hybridized carbons (Fsp3) is 0.143. The summed E-state index contributed by atoms with van der Waals surface area (Å²) in [6, 6.07) is 33.7. The fourth-order valence-corrected chi connectivity index (χ4v) is 4.41. The van der Waals surface area contributed by atoms with Crippen molar-refractivity contribution in [3.05, 3.63) is 137 Å². The first-order chi connectivity index (χ1) is 15.8. The van der Waals surface area contributed by atoms with E-state index >= 15 is 0 Å². The van der Waals surface area contributed by atoms with Crippen molar-refractivity contribution < 1.29 is 9.53 Å². The van der Waals surface area contributed by atoms with Crippen LogP contribution in [-0.4, -0.2) is 22.4 Å². The summed E-state index contributed by atoms with van der Waals surface area (Å²) in [6.07, 6.45) is 2.45. The molecule has 1 aliphatic heterocycles. The molecule has 1 atom stereocenters. The molecule has 0 saturated heterocycles. The Balaban J connectivity index is 1.59. The third-order valence-electron chi connectivity index (χ3n) is 5.89. The average Bonchev–Trinajstić information content (AvgIpc) is 3.10. The predicted octanol–water partition coefficient (Wildman–Crippen LogP) is 5.20. The van der Waals surface area contributed by atoms with Crippen LogP contribution in [0.5, 0.6) is 0 Å². The van der Waals surface area contributed by atoms with Gasteiger partial charge in [-0.15, -0.1) is 0 Å². The Hall–Kier alpha value is -3.76. The van der Waals surface area contributed by atoms with E-state index < -0.39 is 5.72 Å². The summed E-state index contributed by atoms with van der Waals surface area (Å²) in [6.45, 7) is 0.881. The first-order valence-corrected chi connectivity index (χ1v) is 10.8. The number of fused-ring (bicyclic) bond motifs is 1. The molecule has 0 radical (unpaired) electrons. The van der Waals surface area contributed by atoms with Crippen molar-refractivity contribution in [1.82, 2.24) is 9.88 Å². The van der Waals surface area contributed by atoms with Gasteiger partial charge in [0, 0.05) is 41.5 Å². The number of hydrogen-bond acceptors (Lipinski definition) is 3. The SMILES string of the molecule is O=C1c2ccccc2[C@](OCCc2ccccn2)(c2ccccc2)N1Cc1ccccc1. The molecular formula is C28H24N2O2. The summed E-state index contributed by atoms with van der Waals surface area (Å²) in [5.41, 5.74) is 3.53. The normalized spacial score (nSPS) is 17.4. The number of benzene rings is 3. The van der Waals surface area contributed by atoms with Crippen molar-refractivity contribution in [1.29, 1.82) is 0 Å². The summed E-state index contributed by atoms with van der Waals surface area (Å²) in [7, 11) is 0. The molecule has 0 unspecified atom stereocenters. The highest BCUT2D eigenvalue weighted by Crippen LogP contribution is 2.46. The Bertz CT molecular complexity index is 1200. The van der Waals surface area contributed by atoms with Crippen molar-refractivity contribution in [3.63, 3.8) is 0 Å². The highest BCUT2D eigenvalue weighted by molar-refractivity contribution is 6.00. The van der Waals surface area contributed by atoms with Crippen molar-refractivity contribution in [3.8, 4) is 0 Å². The summed E-state index contributed by atoms with van der Waals surface area (Å²) in [4.78, 5) is 19.9. The van der Waals surface area contributed by atoms with Gasteiger partial charge in [0.05, 0.1) is 6.61 Å². The highest BCUT2D eigenvalue weighted by atomic mass is 16.5. The molecule has 32 heavy (non-hydrogen) atoms. The number of nitrogens with zero attached hydrogens (tertiary/aromatic N) is 2. The standard InChI is InChI=1S/C28H24N2O2/c31-27-25-16-7-8-17-26(25)28(23-13-5-2-6-14-23,30(27)21-22-11-3-1-4-12-22)32-20-18-24-15-9-10-19-29-24/h1-17,19H,18,20-21H2/t28-/m1/s1. The lowest BCUT2D eigenvalue weighted by atomic mass is 9.93. The van der Waals surface area contributed by atoms with Gasteiger partial charge in [0.2, 0.25) is 0 Å². The maximum Gasteiger partial charge on any atom is 0.257 e. The molecule has 0 spiro atoms. The van der Waals surface area contributed by atoms with E-state index in [1.165, 1.54) is 0 Å². The first kappa shape index (κ1) is 20.2. The second kappa shape index (κ2) is 8.77. The van der Waals surface area contributed by atoms with Crippen LogP contribution in [0.15, 0.2) is 109 Å². The number of carbonyl (C=O) groups excluding carboxylic acids is 1. The van der Waals surface area contributed by atoms with Gasteiger partial charge in [-0.25, -0.2) is 0 Å². The highest BCUT2D eigenvalue weighted by Gasteiger charge is 2.51. The zero-order valence-electron chi connectivity index (χ0n) is 17.7. The lowest BCUT2D eigenvalue weighted by Gasteiger charge is -2.39. The Morgan fingerprint density at radius 1 is 0.781 bits per heavy atom. The van der Waals surface area contributed by atoms with Gasteiger partial charge in [-0.3, -0.25) is 14.7 Å². The quantitative estimate of drug-likeness (QED) is 0.413. The summed E-state index contributed by atoms with van der Waals surface area (Å²) in [5, 5.41) is 0. The van der Waals surface area contributed by atoms with Gasteiger partial charge < -0.3 is 4.74 Å². The molecule has 0 saturated carbocycles. The van der Waals surface area contributed by atoms with Crippen molar-refractivity contribution in [2.24, 2.45) is 0 Å². The number of hydrogen-bond donors (Lipinski definition) is 0. The van der Waals surface area contributed by atoms with Crippen LogP contribution in [0.3, 0.4) is 0 Å².